The summed E-state index contributed by atoms with van der Waals surface area (Å²) in [7, 11) is 0. The molecule has 2 aliphatic heterocycles. The fourth-order valence-corrected chi connectivity index (χ4v) is 2.18. The van der Waals surface area contributed by atoms with Crippen molar-refractivity contribution in [2.45, 2.75) is 13.2 Å². The SMILES string of the molecule is CCOC(=O)c1c(C2OCCO2)cc(F)c2c1OCO2. The Bertz CT molecular complexity index is 538. The van der Waals surface area contributed by atoms with E-state index < -0.39 is 18.1 Å². The van der Waals surface area contributed by atoms with E-state index in [1.807, 2.05) is 0 Å². The van der Waals surface area contributed by atoms with Crippen LogP contribution in [0.15, 0.2) is 6.07 Å². The smallest absolute Gasteiger partial charge is 0.342 e. The zero-order valence-electron chi connectivity index (χ0n) is 10.8. The number of esters is 1. The van der Waals surface area contributed by atoms with Crippen LogP contribution in [0.5, 0.6) is 11.5 Å². The first-order valence-electron chi connectivity index (χ1n) is 6.24. The number of hydrogen-bond acceptors (Lipinski definition) is 6. The summed E-state index contributed by atoms with van der Waals surface area (Å²) in [4.78, 5) is 12.1. The Morgan fingerprint density at radius 1 is 1.35 bits per heavy atom. The number of fused-ring (bicyclic) bond motifs is 1. The van der Waals surface area contributed by atoms with Crippen molar-refractivity contribution in [3.8, 4) is 11.5 Å². The van der Waals surface area contributed by atoms with Crippen LogP contribution in [0.3, 0.4) is 0 Å². The molecule has 0 atom stereocenters. The molecule has 1 fully saturated rings. The minimum Gasteiger partial charge on any atom is -0.462 e. The fourth-order valence-electron chi connectivity index (χ4n) is 2.18. The molecule has 0 saturated carbocycles. The minimum atomic E-state index is -0.807. The van der Waals surface area contributed by atoms with Gasteiger partial charge in [-0.15, -0.1) is 0 Å². The molecule has 20 heavy (non-hydrogen) atoms. The highest BCUT2D eigenvalue weighted by Gasteiger charge is 2.34. The molecule has 7 heteroatoms. The molecule has 1 saturated heterocycles. The summed E-state index contributed by atoms with van der Waals surface area (Å²) in [5.74, 6) is -1.30. The number of hydrogen-bond donors (Lipinski definition) is 0. The molecule has 3 rings (SSSR count). The lowest BCUT2D eigenvalue weighted by atomic mass is 10.0. The molecular weight excluding hydrogens is 271 g/mol. The molecule has 6 nitrogen and oxygen atoms in total. The van der Waals surface area contributed by atoms with Crippen LogP contribution in [0.1, 0.15) is 29.1 Å². The normalized spacial score (nSPS) is 17.5. The van der Waals surface area contributed by atoms with Crippen molar-refractivity contribution in [2.24, 2.45) is 0 Å². The summed E-state index contributed by atoms with van der Waals surface area (Å²) >= 11 is 0. The quantitative estimate of drug-likeness (QED) is 0.788. The van der Waals surface area contributed by atoms with E-state index in [1.165, 1.54) is 0 Å². The predicted molar refractivity (Wildman–Crippen MR) is 63.1 cm³/mol. The molecule has 1 aromatic carbocycles. The van der Waals surface area contributed by atoms with Crippen molar-refractivity contribution in [1.29, 1.82) is 0 Å². The molecule has 0 spiro atoms. The third-order valence-corrected chi connectivity index (χ3v) is 2.98. The van der Waals surface area contributed by atoms with Gasteiger partial charge < -0.3 is 23.7 Å². The first-order chi connectivity index (χ1) is 9.72. The first kappa shape index (κ1) is 13.1. The zero-order valence-corrected chi connectivity index (χ0v) is 10.8. The molecule has 0 amide bonds. The Morgan fingerprint density at radius 2 is 2.05 bits per heavy atom. The van der Waals surface area contributed by atoms with Crippen molar-refractivity contribution >= 4 is 5.97 Å². The summed E-state index contributed by atoms with van der Waals surface area (Å²) in [5.41, 5.74) is 0.343. The second-order valence-electron chi connectivity index (χ2n) is 4.18. The summed E-state index contributed by atoms with van der Waals surface area (Å²) in [6.07, 6.45) is -0.807. The lowest BCUT2D eigenvalue weighted by Crippen LogP contribution is -2.13. The fraction of sp³-hybridized carbons (Fsp3) is 0.462. The maximum atomic E-state index is 14.0. The lowest BCUT2D eigenvalue weighted by molar-refractivity contribution is -0.0452. The van der Waals surface area contributed by atoms with E-state index >= 15 is 0 Å². The molecular formula is C13H13FO6. The number of benzene rings is 1. The van der Waals surface area contributed by atoms with Crippen LogP contribution in [-0.2, 0) is 14.2 Å². The van der Waals surface area contributed by atoms with Crippen molar-refractivity contribution in [2.75, 3.05) is 26.6 Å². The van der Waals surface area contributed by atoms with Gasteiger partial charge in [-0.05, 0) is 13.0 Å². The second-order valence-corrected chi connectivity index (χ2v) is 4.18. The maximum Gasteiger partial charge on any atom is 0.342 e. The lowest BCUT2D eigenvalue weighted by Gasteiger charge is -2.16. The van der Waals surface area contributed by atoms with Gasteiger partial charge in [-0.1, -0.05) is 0 Å². The highest BCUT2D eigenvalue weighted by Crippen LogP contribution is 2.43. The van der Waals surface area contributed by atoms with E-state index in [2.05, 4.69) is 0 Å². The summed E-state index contributed by atoms with van der Waals surface area (Å²) in [6.45, 7) is 2.49. The average molecular weight is 284 g/mol. The van der Waals surface area contributed by atoms with Gasteiger partial charge in [-0.3, -0.25) is 0 Å². The van der Waals surface area contributed by atoms with E-state index in [4.69, 9.17) is 23.7 Å². The summed E-state index contributed by atoms with van der Waals surface area (Å²) in [5, 5.41) is 0. The molecule has 108 valence electrons. The zero-order chi connectivity index (χ0) is 14.1. The van der Waals surface area contributed by atoms with Crippen molar-refractivity contribution in [3.63, 3.8) is 0 Å². The largest absolute Gasteiger partial charge is 0.462 e. The Labute approximate surface area is 114 Å². The van der Waals surface area contributed by atoms with E-state index in [0.717, 1.165) is 6.07 Å². The topological polar surface area (TPSA) is 63.2 Å². The third-order valence-electron chi connectivity index (χ3n) is 2.98. The molecule has 0 radical (unpaired) electrons. The Morgan fingerprint density at radius 3 is 2.75 bits per heavy atom. The summed E-state index contributed by atoms with van der Waals surface area (Å²) in [6, 6.07) is 1.16. The van der Waals surface area contributed by atoms with Crippen LogP contribution in [0.4, 0.5) is 4.39 Å². The van der Waals surface area contributed by atoms with E-state index in [-0.39, 0.29) is 36.0 Å². The van der Waals surface area contributed by atoms with Gasteiger partial charge in [0.05, 0.1) is 19.8 Å². The van der Waals surface area contributed by atoms with Gasteiger partial charge in [-0.2, -0.15) is 0 Å². The van der Waals surface area contributed by atoms with Gasteiger partial charge in [0, 0.05) is 5.56 Å². The Kier molecular flexibility index (Phi) is 3.45. The van der Waals surface area contributed by atoms with Gasteiger partial charge in [0.15, 0.2) is 17.9 Å². The molecule has 0 N–H and O–H groups in total. The highest BCUT2D eigenvalue weighted by atomic mass is 19.1. The van der Waals surface area contributed by atoms with Gasteiger partial charge in [0.2, 0.25) is 12.5 Å². The number of carbonyl (C=O) groups excluding carboxylic acids is 1. The predicted octanol–water partition coefficient (Wildman–Crippen LogP) is 1.78. The monoisotopic (exact) mass is 284 g/mol. The molecule has 0 unspecified atom stereocenters. The van der Waals surface area contributed by atoms with Crippen LogP contribution in [0, 0.1) is 5.82 Å². The van der Waals surface area contributed by atoms with Crippen LogP contribution in [-0.4, -0.2) is 32.6 Å². The van der Waals surface area contributed by atoms with E-state index in [0.29, 0.717) is 13.2 Å². The van der Waals surface area contributed by atoms with Crippen LogP contribution in [0.25, 0.3) is 0 Å². The van der Waals surface area contributed by atoms with Gasteiger partial charge in [-0.25, -0.2) is 9.18 Å². The maximum absolute atomic E-state index is 14.0. The van der Waals surface area contributed by atoms with Crippen LogP contribution in [0.2, 0.25) is 0 Å². The highest BCUT2D eigenvalue weighted by molar-refractivity contribution is 5.95. The first-order valence-corrected chi connectivity index (χ1v) is 6.24. The Balaban J connectivity index is 2.11. The van der Waals surface area contributed by atoms with Crippen LogP contribution >= 0.6 is 0 Å². The average Bonchev–Trinajstić information content (AvgIpc) is 3.10. The standard InChI is InChI=1S/C13H13FO6/c1-2-16-12(15)9-7(13-17-3-4-18-13)5-8(14)10-11(9)20-6-19-10/h5,13H,2-4,6H2,1H3. The molecule has 2 heterocycles. The molecule has 0 aliphatic carbocycles. The number of ether oxygens (including phenoxy) is 5. The van der Waals surface area contributed by atoms with Gasteiger partial charge in [0.25, 0.3) is 0 Å². The van der Waals surface area contributed by atoms with Gasteiger partial charge in [0.1, 0.15) is 5.56 Å². The molecule has 2 aliphatic rings. The number of halogens is 1. The van der Waals surface area contributed by atoms with Crippen LogP contribution < -0.4 is 9.47 Å². The van der Waals surface area contributed by atoms with Crippen molar-refractivity contribution < 1.29 is 32.9 Å². The molecule has 0 aromatic heterocycles. The number of carbonyl (C=O) groups is 1. The molecule has 1 aromatic rings. The molecule has 0 bridgehead atoms. The van der Waals surface area contributed by atoms with Crippen molar-refractivity contribution in [3.05, 3.63) is 23.0 Å². The van der Waals surface area contributed by atoms with E-state index in [1.54, 1.807) is 6.92 Å². The Hall–Kier alpha value is -1.86. The number of rotatable bonds is 3. The van der Waals surface area contributed by atoms with E-state index in [9.17, 15) is 9.18 Å². The second kappa shape index (κ2) is 5.26. The van der Waals surface area contributed by atoms with Gasteiger partial charge >= 0.3 is 5.97 Å². The minimum absolute atomic E-state index is 0.0394. The summed E-state index contributed by atoms with van der Waals surface area (Å²) < 4.78 is 39.8. The van der Waals surface area contributed by atoms with Crippen molar-refractivity contribution in [1.82, 2.24) is 0 Å². The third kappa shape index (κ3) is 2.08.